The van der Waals surface area contributed by atoms with Crippen molar-refractivity contribution >= 4 is 17.6 Å². The standard InChI is InChI=1S/C13H10ClF3N2O2/c1-2-19-11(13(15,16)17)10(7-18-19)12(20)21-9-5-3-8(14)4-6-9/h3-7H,2H2,1H3. The normalized spacial score (nSPS) is 11.5. The van der Waals surface area contributed by atoms with E-state index in [1.807, 2.05) is 0 Å². The third kappa shape index (κ3) is 3.36. The topological polar surface area (TPSA) is 44.1 Å². The van der Waals surface area contributed by atoms with Gasteiger partial charge in [-0.05, 0) is 31.2 Å². The third-order valence-corrected chi connectivity index (χ3v) is 2.90. The van der Waals surface area contributed by atoms with E-state index in [1.165, 1.54) is 31.2 Å². The number of ether oxygens (including phenoxy) is 1. The van der Waals surface area contributed by atoms with Crippen LogP contribution in [0.4, 0.5) is 13.2 Å². The molecule has 0 atom stereocenters. The molecule has 0 fully saturated rings. The molecule has 0 saturated carbocycles. The van der Waals surface area contributed by atoms with Crippen molar-refractivity contribution in [3.8, 4) is 5.75 Å². The molecule has 1 aromatic heterocycles. The van der Waals surface area contributed by atoms with Gasteiger partial charge in [0.1, 0.15) is 11.3 Å². The van der Waals surface area contributed by atoms with Crippen molar-refractivity contribution < 1.29 is 22.7 Å². The van der Waals surface area contributed by atoms with Crippen LogP contribution in [-0.2, 0) is 12.7 Å². The van der Waals surface area contributed by atoms with Gasteiger partial charge in [-0.25, -0.2) is 4.79 Å². The number of rotatable bonds is 3. The van der Waals surface area contributed by atoms with Gasteiger partial charge in [-0.3, -0.25) is 4.68 Å². The molecule has 0 amide bonds. The number of alkyl halides is 3. The number of halogens is 4. The lowest BCUT2D eigenvalue weighted by molar-refractivity contribution is -0.144. The summed E-state index contributed by atoms with van der Waals surface area (Å²) < 4.78 is 44.6. The summed E-state index contributed by atoms with van der Waals surface area (Å²) in [6, 6.07) is 5.70. The molecule has 2 aromatic rings. The average molecular weight is 319 g/mol. The fraction of sp³-hybridized carbons (Fsp3) is 0.231. The van der Waals surface area contributed by atoms with E-state index in [0.29, 0.717) is 9.70 Å². The molecule has 0 radical (unpaired) electrons. The van der Waals surface area contributed by atoms with Gasteiger partial charge in [-0.15, -0.1) is 0 Å². The number of hydrogen-bond donors (Lipinski definition) is 0. The molecule has 4 nitrogen and oxygen atoms in total. The maximum absolute atomic E-state index is 13.0. The number of nitrogens with zero attached hydrogens (tertiary/aromatic N) is 2. The number of carbonyl (C=O) groups excluding carboxylic acids is 1. The van der Waals surface area contributed by atoms with E-state index in [-0.39, 0.29) is 12.3 Å². The van der Waals surface area contributed by atoms with Crippen LogP contribution in [0, 0.1) is 0 Å². The molecule has 0 aliphatic heterocycles. The molecule has 21 heavy (non-hydrogen) atoms. The molecule has 2 rings (SSSR count). The third-order valence-electron chi connectivity index (χ3n) is 2.65. The number of hydrogen-bond acceptors (Lipinski definition) is 3. The first-order valence-electron chi connectivity index (χ1n) is 5.93. The minimum absolute atomic E-state index is 0.0108. The Kier molecular flexibility index (Phi) is 4.22. The summed E-state index contributed by atoms with van der Waals surface area (Å²) in [4.78, 5) is 11.9. The van der Waals surface area contributed by atoms with Crippen LogP contribution in [0.25, 0.3) is 0 Å². The Morgan fingerprint density at radius 3 is 2.48 bits per heavy atom. The first kappa shape index (κ1) is 15.4. The highest BCUT2D eigenvalue weighted by Gasteiger charge is 2.40. The summed E-state index contributed by atoms with van der Waals surface area (Å²) in [5.74, 6) is -1.02. The van der Waals surface area contributed by atoms with E-state index in [1.54, 1.807) is 0 Å². The van der Waals surface area contributed by atoms with Crippen molar-refractivity contribution in [3.05, 3.63) is 46.7 Å². The zero-order chi connectivity index (χ0) is 15.6. The van der Waals surface area contributed by atoms with Crippen molar-refractivity contribution in [1.29, 1.82) is 0 Å². The maximum Gasteiger partial charge on any atom is 0.433 e. The number of aryl methyl sites for hydroxylation is 1. The van der Waals surface area contributed by atoms with E-state index in [2.05, 4.69) is 5.10 Å². The van der Waals surface area contributed by atoms with E-state index in [9.17, 15) is 18.0 Å². The molecule has 0 saturated heterocycles. The molecule has 112 valence electrons. The van der Waals surface area contributed by atoms with Crippen LogP contribution in [0.2, 0.25) is 5.02 Å². The van der Waals surface area contributed by atoms with Crippen molar-refractivity contribution in [1.82, 2.24) is 9.78 Å². The molecule has 8 heteroatoms. The van der Waals surface area contributed by atoms with Gasteiger partial charge in [-0.1, -0.05) is 11.6 Å². The molecule has 0 N–H and O–H groups in total. The van der Waals surface area contributed by atoms with Crippen LogP contribution < -0.4 is 4.74 Å². The second kappa shape index (κ2) is 5.77. The monoisotopic (exact) mass is 318 g/mol. The van der Waals surface area contributed by atoms with Gasteiger partial charge in [0.05, 0.1) is 6.20 Å². The first-order chi connectivity index (χ1) is 9.82. The maximum atomic E-state index is 13.0. The largest absolute Gasteiger partial charge is 0.433 e. The zero-order valence-corrected chi connectivity index (χ0v) is 11.6. The Morgan fingerprint density at radius 2 is 1.95 bits per heavy atom. The molecular formula is C13H10ClF3N2O2. The average Bonchev–Trinajstić information content (AvgIpc) is 2.85. The summed E-state index contributed by atoms with van der Waals surface area (Å²) in [5.41, 5.74) is -1.75. The Labute approximate surface area is 123 Å². The Hall–Kier alpha value is -2.02. The van der Waals surface area contributed by atoms with Gasteiger partial charge >= 0.3 is 12.1 Å². The summed E-state index contributed by atoms with van der Waals surface area (Å²) in [6.45, 7) is 1.49. The number of benzene rings is 1. The fourth-order valence-corrected chi connectivity index (χ4v) is 1.86. The summed E-state index contributed by atoms with van der Waals surface area (Å²) >= 11 is 5.67. The lowest BCUT2D eigenvalue weighted by atomic mass is 10.2. The smallest absolute Gasteiger partial charge is 0.423 e. The summed E-state index contributed by atoms with van der Waals surface area (Å²) in [7, 11) is 0. The van der Waals surface area contributed by atoms with Crippen LogP contribution >= 0.6 is 11.6 Å². The van der Waals surface area contributed by atoms with Gasteiger partial charge in [0.2, 0.25) is 0 Å². The van der Waals surface area contributed by atoms with E-state index < -0.39 is 23.4 Å². The molecule has 0 unspecified atom stereocenters. The molecule has 0 bridgehead atoms. The minimum atomic E-state index is -4.69. The van der Waals surface area contributed by atoms with Crippen LogP contribution in [0.3, 0.4) is 0 Å². The minimum Gasteiger partial charge on any atom is -0.423 e. The molecule has 1 aromatic carbocycles. The predicted molar refractivity (Wildman–Crippen MR) is 69.3 cm³/mol. The highest BCUT2D eigenvalue weighted by molar-refractivity contribution is 6.30. The van der Waals surface area contributed by atoms with Crippen molar-refractivity contribution in [2.45, 2.75) is 19.6 Å². The fourth-order valence-electron chi connectivity index (χ4n) is 1.74. The highest BCUT2D eigenvalue weighted by atomic mass is 35.5. The number of aromatic nitrogens is 2. The van der Waals surface area contributed by atoms with Gasteiger partial charge in [-0.2, -0.15) is 18.3 Å². The van der Waals surface area contributed by atoms with E-state index in [0.717, 1.165) is 6.20 Å². The van der Waals surface area contributed by atoms with Crippen molar-refractivity contribution in [2.75, 3.05) is 0 Å². The lowest BCUT2D eigenvalue weighted by Crippen LogP contribution is -2.19. The number of carbonyl (C=O) groups is 1. The molecule has 0 aliphatic rings. The van der Waals surface area contributed by atoms with Crippen LogP contribution in [-0.4, -0.2) is 15.7 Å². The summed E-state index contributed by atoms with van der Waals surface area (Å²) in [5, 5.41) is 3.97. The lowest BCUT2D eigenvalue weighted by Gasteiger charge is -2.11. The van der Waals surface area contributed by atoms with Gasteiger partial charge in [0.25, 0.3) is 0 Å². The molecule has 0 aliphatic carbocycles. The van der Waals surface area contributed by atoms with Crippen LogP contribution in [0.1, 0.15) is 23.0 Å². The second-order valence-electron chi connectivity index (χ2n) is 4.06. The predicted octanol–water partition coefficient (Wildman–Crippen LogP) is 3.79. The molecular weight excluding hydrogens is 309 g/mol. The Balaban J connectivity index is 2.31. The van der Waals surface area contributed by atoms with Gasteiger partial charge in [0.15, 0.2) is 5.69 Å². The number of esters is 1. The van der Waals surface area contributed by atoms with Crippen molar-refractivity contribution in [3.63, 3.8) is 0 Å². The van der Waals surface area contributed by atoms with Crippen LogP contribution in [0.15, 0.2) is 30.5 Å². The summed E-state index contributed by atoms with van der Waals surface area (Å²) in [6.07, 6.45) is -3.84. The Bertz CT molecular complexity index is 650. The SMILES string of the molecule is CCn1ncc(C(=O)Oc2ccc(Cl)cc2)c1C(F)(F)F. The first-order valence-corrected chi connectivity index (χ1v) is 6.31. The molecule has 1 heterocycles. The van der Waals surface area contributed by atoms with Crippen molar-refractivity contribution in [2.24, 2.45) is 0 Å². The van der Waals surface area contributed by atoms with Gasteiger partial charge < -0.3 is 4.74 Å². The zero-order valence-electron chi connectivity index (χ0n) is 10.8. The van der Waals surface area contributed by atoms with E-state index in [4.69, 9.17) is 16.3 Å². The van der Waals surface area contributed by atoms with E-state index >= 15 is 0 Å². The van der Waals surface area contributed by atoms with Gasteiger partial charge in [0, 0.05) is 11.6 Å². The Morgan fingerprint density at radius 1 is 1.33 bits per heavy atom. The molecule has 0 spiro atoms. The quantitative estimate of drug-likeness (QED) is 0.639. The second-order valence-corrected chi connectivity index (χ2v) is 4.50. The van der Waals surface area contributed by atoms with Crippen LogP contribution in [0.5, 0.6) is 5.75 Å². The highest BCUT2D eigenvalue weighted by Crippen LogP contribution is 2.32.